The van der Waals surface area contributed by atoms with Crippen LogP contribution in [0.15, 0.2) is 68.6 Å². The first-order valence-electron chi connectivity index (χ1n) is 7.97. The molecule has 0 spiro atoms. The standard InChI is InChI=1S/C18H16N2O6S2/c1-11-4-8-17(16-9-13(27-26-25-21)5-7-15(11)16)19-20-18-10-14(28(22,23)24)6-3-12(18)2/h3-10,21H,1-2H3,(H,22,23,24). The molecule has 0 aliphatic carbocycles. The van der Waals surface area contributed by atoms with Crippen molar-refractivity contribution in [2.45, 2.75) is 23.6 Å². The maximum atomic E-state index is 11.3. The van der Waals surface area contributed by atoms with Crippen molar-refractivity contribution in [2.75, 3.05) is 0 Å². The van der Waals surface area contributed by atoms with Crippen molar-refractivity contribution in [1.29, 1.82) is 0 Å². The van der Waals surface area contributed by atoms with Crippen molar-refractivity contribution >= 4 is 44.3 Å². The summed E-state index contributed by atoms with van der Waals surface area (Å²) >= 11 is 0.832. The highest BCUT2D eigenvalue weighted by Crippen LogP contribution is 2.34. The number of fused-ring (bicyclic) bond motifs is 1. The molecule has 0 unspecified atom stereocenters. The summed E-state index contributed by atoms with van der Waals surface area (Å²) in [5.74, 6) is 0. The van der Waals surface area contributed by atoms with Crippen LogP contribution < -0.4 is 0 Å². The van der Waals surface area contributed by atoms with Crippen molar-refractivity contribution in [3.8, 4) is 0 Å². The van der Waals surface area contributed by atoms with Crippen LogP contribution in [0.3, 0.4) is 0 Å². The smallest absolute Gasteiger partial charge is 0.282 e. The topological polar surface area (TPSA) is 118 Å². The van der Waals surface area contributed by atoms with Gasteiger partial charge in [0.15, 0.2) is 0 Å². The first kappa shape index (κ1) is 20.4. The van der Waals surface area contributed by atoms with Gasteiger partial charge in [0.05, 0.1) is 28.3 Å². The van der Waals surface area contributed by atoms with Gasteiger partial charge in [0.25, 0.3) is 10.1 Å². The molecule has 0 fully saturated rings. The Morgan fingerprint density at radius 1 is 0.893 bits per heavy atom. The molecule has 0 saturated heterocycles. The van der Waals surface area contributed by atoms with Crippen LogP contribution in [0.25, 0.3) is 10.8 Å². The van der Waals surface area contributed by atoms with Crippen molar-refractivity contribution < 1.29 is 27.6 Å². The molecule has 0 aliphatic heterocycles. The lowest BCUT2D eigenvalue weighted by molar-refractivity contribution is -0.432. The number of azo groups is 1. The Balaban J connectivity index is 2.05. The van der Waals surface area contributed by atoms with Crippen molar-refractivity contribution in [2.24, 2.45) is 10.2 Å². The predicted octanol–water partition coefficient (Wildman–Crippen LogP) is 5.55. The summed E-state index contributed by atoms with van der Waals surface area (Å²) in [6, 6.07) is 13.3. The Hall–Kier alpha value is -2.34. The molecule has 3 aromatic rings. The third kappa shape index (κ3) is 4.55. The normalized spacial score (nSPS) is 12.1. The minimum Gasteiger partial charge on any atom is -0.282 e. The van der Waals surface area contributed by atoms with E-state index < -0.39 is 10.1 Å². The fourth-order valence-corrected chi connectivity index (χ4v) is 3.52. The molecule has 0 aliphatic rings. The molecular weight excluding hydrogens is 404 g/mol. The minimum atomic E-state index is -4.33. The molecule has 8 nitrogen and oxygen atoms in total. The minimum absolute atomic E-state index is 0.249. The third-order valence-corrected chi connectivity index (χ3v) is 5.51. The Kier molecular flexibility index (Phi) is 6.08. The Bertz CT molecular complexity index is 1160. The van der Waals surface area contributed by atoms with Gasteiger partial charge in [0.2, 0.25) is 0 Å². The monoisotopic (exact) mass is 420 g/mol. The highest BCUT2D eigenvalue weighted by atomic mass is 32.2. The molecule has 146 valence electrons. The SMILES string of the molecule is Cc1ccc(S(=O)(=O)O)cc1N=Nc1ccc(C)c2ccc(SOOO)cc12. The summed E-state index contributed by atoms with van der Waals surface area (Å²) in [5, 5.41) is 22.1. The van der Waals surface area contributed by atoms with Gasteiger partial charge in [-0.3, -0.25) is 4.55 Å². The molecule has 0 heterocycles. The summed E-state index contributed by atoms with van der Waals surface area (Å²) in [4.78, 5) is 0.425. The fourth-order valence-electron chi connectivity index (χ4n) is 2.62. The van der Waals surface area contributed by atoms with Crippen molar-refractivity contribution in [1.82, 2.24) is 0 Å². The summed E-state index contributed by atoms with van der Waals surface area (Å²) in [5.41, 5.74) is 2.63. The number of benzene rings is 3. The number of nitrogens with zero attached hydrogens (tertiary/aromatic N) is 2. The Morgan fingerprint density at radius 3 is 2.32 bits per heavy atom. The lowest BCUT2D eigenvalue weighted by atomic mass is 10.0. The van der Waals surface area contributed by atoms with Crippen LogP contribution in [0.4, 0.5) is 11.4 Å². The highest BCUT2D eigenvalue weighted by molar-refractivity contribution is 7.94. The molecule has 0 amide bonds. The van der Waals surface area contributed by atoms with Crippen molar-refractivity contribution in [3.63, 3.8) is 0 Å². The average molecular weight is 420 g/mol. The quantitative estimate of drug-likeness (QED) is 0.176. The summed E-state index contributed by atoms with van der Waals surface area (Å²) in [6.07, 6.45) is 0. The van der Waals surface area contributed by atoms with Gasteiger partial charge < -0.3 is 0 Å². The first-order valence-corrected chi connectivity index (χ1v) is 10.2. The maximum Gasteiger partial charge on any atom is 0.294 e. The molecule has 10 heteroatoms. The fraction of sp³-hybridized carbons (Fsp3) is 0.111. The van der Waals surface area contributed by atoms with Gasteiger partial charge in [0.1, 0.15) is 0 Å². The molecule has 28 heavy (non-hydrogen) atoms. The zero-order chi connectivity index (χ0) is 20.3. The first-order chi connectivity index (χ1) is 13.3. The molecule has 0 aromatic heterocycles. The zero-order valence-corrected chi connectivity index (χ0v) is 16.5. The summed E-state index contributed by atoms with van der Waals surface area (Å²) < 4.78 is 36.4. The number of aryl methyl sites for hydroxylation is 2. The van der Waals surface area contributed by atoms with E-state index in [0.717, 1.165) is 28.4 Å². The molecular formula is C18H16N2O6S2. The van der Waals surface area contributed by atoms with Gasteiger partial charge in [0, 0.05) is 10.3 Å². The zero-order valence-electron chi connectivity index (χ0n) is 14.9. The van der Waals surface area contributed by atoms with E-state index in [1.165, 1.54) is 12.1 Å². The predicted molar refractivity (Wildman–Crippen MR) is 105 cm³/mol. The molecule has 3 rings (SSSR count). The second kappa shape index (κ2) is 8.35. The van der Waals surface area contributed by atoms with E-state index >= 15 is 0 Å². The van der Waals surface area contributed by atoms with Crippen LogP contribution in [0.1, 0.15) is 11.1 Å². The molecule has 0 saturated carbocycles. The Morgan fingerprint density at radius 2 is 1.61 bits per heavy atom. The van der Waals surface area contributed by atoms with E-state index in [2.05, 4.69) is 19.6 Å². The Labute approximate surface area is 165 Å². The summed E-state index contributed by atoms with van der Waals surface area (Å²) in [6.45, 7) is 3.72. The molecule has 0 atom stereocenters. The highest BCUT2D eigenvalue weighted by Gasteiger charge is 2.12. The lowest BCUT2D eigenvalue weighted by Gasteiger charge is -2.07. The molecule has 3 aromatic carbocycles. The van der Waals surface area contributed by atoms with E-state index in [1.807, 2.05) is 25.1 Å². The van der Waals surface area contributed by atoms with E-state index in [9.17, 15) is 13.0 Å². The van der Waals surface area contributed by atoms with Crippen LogP contribution in [0, 0.1) is 13.8 Å². The maximum absolute atomic E-state index is 11.3. The van der Waals surface area contributed by atoms with Crippen LogP contribution in [0.2, 0.25) is 0 Å². The van der Waals surface area contributed by atoms with Crippen LogP contribution in [-0.2, 0) is 19.5 Å². The van der Waals surface area contributed by atoms with Gasteiger partial charge >= 0.3 is 0 Å². The largest absolute Gasteiger partial charge is 0.294 e. The van der Waals surface area contributed by atoms with Gasteiger partial charge in [-0.15, -0.1) is 9.45 Å². The number of rotatable bonds is 6. The average Bonchev–Trinajstić information content (AvgIpc) is 2.66. The van der Waals surface area contributed by atoms with Gasteiger partial charge in [-0.1, -0.05) is 23.2 Å². The molecule has 0 bridgehead atoms. The van der Waals surface area contributed by atoms with Crippen LogP contribution in [0.5, 0.6) is 0 Å². The van der Waals surface area contributed by atoms with E-state index in [4.69, 9.17) is 5.26 Å². The van der Waals surface area contributed by atoms with Crippen LogP contribution >= 0.6 is 12.0 Å². The van der Waals surface area contributed by atoms with Gasteiger partial charge in [-0.05, 0) is 60.7 Å². The number of hydrogen-bond donors (Lipinski definition) is 2. The molecule has 0 radical (unpaired) electrons. The lowest BCUT2D eigenvalue weighted by Crippen LogP contribution is -1.97. The second-order valence-corrected chi connectivity index (χ2v) is 8.15. The van der Waals surface area contributed by atoms with Crippen molar-refractivity contribution in [3.05, 3.63) is 59.7 Å². The van der Waals surface area contributed by atoms with Gasteiger partial charge in [-0.25, -0.2) is 5.26 Å². The van der Waals surface area contributed by atoms with E-state index in [1.54, 1.807) is 25.1 Å². The second-order valence-electron chi connectivity index (χ2n) is 5.96. The molecule has 2 N–H and O–H groups in total. The van der Waals surface area contributed by atoms with E-state index in [-0.39, 0.29) is 4.90 Å². The summed E-state index contributed by atoms with van der Waals surface area (Å²) in [7, 11) is -4.33. The van der Waals surface area contributed by atoms with Gasteiger partial charge in [-0.2, -0.15) is 13.5 Å². The third-order valence-electron chi connectivity index (χ3n) is 4.09. The van der Waals surface area contributed by atoms with E-state index in [0.29, 0.717) is 21.8 Å². The number of hydrogen-bond acceptors (Lipinski definition) is 8. The van der Waals surface area contributed by atoms with Crippen LogP contribution in [-0.4, -0.2) is 18.2 Å².